The average Bonchev–Trinajstić information content (AvgIpc) is 2.80. The van der Waals surface area contributed by atoms with Crippen molar-refractivity contribution in [2.24, 2.45) is 11.7 Å². The maximum atomic E-state index is 12.5. The number of thiazole rings is 1. The molecule has 0 aliphatic heterocycles. The van der Waals surface area contributed by atoms with Crippen molar-refractivity contribution in [1.82, 2.24) is 9.88 Å². The maximum Gasteiger partial charge on any atom is 0.227 e. The van der Waals surface area contributed by atoms with E-state index in [0.717, 1.165) is 31.4 Å². The number of aromatic nitrogens is 1. The van der Waals surface area contributed by atoms with Crippen molar-refractivity contribution in [1.29, 1.82) is 0 Å². The largest absolute Gasteiger partial charge is 0.340 e. The van der Waals surface area contributed by atoms with E-state index < -0.39 is 0 Å². The highest BCUT2D eigenvalue weighted by atomic mass is 35.5. The van der Waals surface area contributed by atoms with Gasteiger partial charge in [-0.25, -0.2) is 4.98 Å². The van der Waals surface area contributed by atoms with Crippen molar-refractivity contribution in [2.45, 2.75) is 44.7 Å². The Balaban J connectivity index is 0.00000180. The second kappa shape index (κ2) is 8.17. The first-order chi connectivity index (χ1) is 8.50. The number of carbonyl (C=O) groups excluding carboxylic acids is 1. The Morgan fingerprint density at radius 1 is 1.55 bits per heavy atom. The van der Waals surface area contributed by atoms with Gasteiger partial charge in [0.2, 0.25) is 5.91 Å². The van der Waals surface area contributed by atoms with E-state index in [-0.39, 0.29) is 42.2 Å². The third kappa shape index (κ3) is 4.58. The standard InChI is InChI=1S/C13H21N3OS.2ClH/c1-13(14)6-4-3-5-11(13)12(17)16(2)7-10-8-18-9-15-10;;/h8-9,11H,3-7,14H2,1-2H3;2*1H. The molecule has 0 radical (unpaired) electrons. The molecular formula is C13H23Cl2N3OS. The Morgan fingerprint density at radius 3 is 2.80 bits per heavy atom. The van der Waals surface area contributed by atoms with Gasteiger partial charge in [-0.1, -0.05) is 12.8 Å². The lowest BCUT2D eigenvalue weighted by molar-refractivity contribution is -0.138. The van der Waals surface area contributed by atoms with Gasteiger partial charge in [0, 0.05) is 18.0 Å². The van der Waals surface area contributed by atoms with E-state index >= 15 is 0 Å². The molecule has 7 heteroatoms. The number of nitrogens with two attached hydrogens (primary N) is 1. The Labute approximate surface area is 137 Å². The van der Waals surface area contributed by atoms with Crippen LogP contribution in [0.25, 0.3) is 0 Å². The van der Waals surface area contributed by atoms with Gasteiger partial charge >= 0.3 is 0 Å². The summed E-state index contributed by atoms with van der Waals surface area (Å²) in [5, 5.41) is 1.98. The van der Waals surface area contributed by atoms with E-state index in [9.17, 15) is 4.79 Å². The van der Waals surface area contributed by atoms with Crippen LogP contribution in [-0.4, -0.2) is 28.4 Å². The molecule has 0 saturated heterocycles. The van der Waals surface area contributed by atoms with Crippen LogP contribution in [0.2, 0.25) is 0 Å². The van der Waals surface area contributed by atoms with Gasteiger partial charge in [-0.2, -0.15) is 0 Å². The number of hydrogen-bond donors (Lipinski definition) is 1. The van der Waals surface area contributed by atoms with Crippen LogP contribution < -0.4 is 5.73 Å². The fourth-order valence-electron chi connectivity index (χ4n) is 2.67. The fourth-order valence-corrected chi connectivity index (χ4v) is 3.22. The summed E-state index contributed by atoms with van der Waals surface area (Å²) in [5.74, 6) is 0.114. The number of nitrogens with zero attached hydrogens (tertiary/aromatic N) is 2. The third-order valence-corrected chi connectivity index (χ3v) is 4.45. The number of hydrogen-bond acceptors (Lipinski definition) is 4. The first-order valence-corrected chi connectivity index (χ1v) is 7.36. The topological polar surface area (TPSA) is 59.2 Å². The molecule has 4 nitrogen and oxygen atoms in total. The quantitative estimate of drug-likeness (QED) is 0.920. The zero-order valence-corrected chi connectivity index (χ0v) is 14.3. The molecule has 0 aromatic carbocycles. The van der Waals surface area contributed by atoms with Gasteiger partial charge in [0.05, 0.1) is 23.7 Å². The molecule has 0 spiro atoms. The first kappa shape index (κ1) is 19.6. The summed E-state index contributed by atoms with van der Waals surface area (Å²) in [5.41, 5.74) is 8.66. The number of carbonyl (C=O) groups is 1. The van der Waals surface area contributed by atoms with Gasteiger partial charge in [-0.15, -0.1) is 36.2 Å². The molecule has 1 aliphatic rings. The lowest BCUT2D eigenvalue weighted by atomic mass is 9.74. The molecule has 0 bridgehead atoms. The fraction of sp³-hybridized carbons (Fsp3) is 0.692. The summed E-state index contributed by atoms with van der Waals surface area (Å²) in [6.07, 6.45) is 4.08. The summed E-state index contributed by atoms with van der Waals surface area (Å²) < 4.78 is 0. The van der Waals surface area contributed by atoms with Crippen molar-refractivity contribution in [3.05, 3.63) is 16.6 Å². The smallest absolute Gasteiger partial charge is 0.227 e. The molecule has 116 valence electrons. The Morgan fingerprint density at radius 2 is 2.25 bits per heavy atom. The lowest BCUT2D eigenvalue weighted by Gasteiger charge is -2.39. The predicted molar refractivity (Wildman–Crippen MR) is 87.6 cm³/mol. The van der Waals surface area contributed by atoms with E-state index in [2.05, 4.69) is 4.98 Å². The number of halogens is 2. The summed E-state index contributed by atoms with van der Waals surface area (Å²) >= 11 is 1.55. The van der Waals surface area contributed by atoms with Crippen LogP contribution in [0.5, 0.6) is 0 Å². The molecule has 1 saturated carbocycles. The molecule has 1 fully saturated rings. The molecule has 1 heterocycles. The summed E-state index contributed by atoms with van der Waals surface area (Å²) in [7, 11) is 1.84. The predicted octanol–water partition coefficient (Wildman–Crippen LogP) is 2.85. The molecule has 20 heavy (non-hydrogen) atoms. The van der Waals surface area contributed by atoms with Gasteiger partial charge in [0.1, 0.15) is 0 Å². The molecular weight excluding hydrogens is 317 g/mol. The normalized spacial score (nSPS) is 25.2. The highest BCUT2D eigenvalue weighted by Crippen LogP contribution is 2.32. The molecule has 2 unspecified atom stereocenters. The van der Waals surface area contributed by atoms with Crippen molar-refractivity contribution >= 4 is 42.1 Å². The molecule has 1 aromatic heterocycles. The van der Waals surface area contributed by atoms with Gasteiger partial charge in [-0.3, -0.25) is 4.79 Å². The number of rotatable bonds is 3. The van der Waals surface area contributed by atoms with Crippen molar-refractivity contribution in [2.75, 3.05) is 7.05 Å². The zero-order chi connectivity index (χ0) is 13.2. The number of amides is 1. The van der Waals surface area contributed by atoms with E-state index in [0.29, 0.717) is 6.54 Å². The maximum absolute atomic E-state index is 12.5. The Kier molecular flexibility index (Phi) is 8.03. The SMILES string of the molecule is CN(Cc1cscn1)C(=O)C1CCCCC1(C)N.Cl.Cl. The lowest BCUT2D eigenvalue weighted by Crippen LogP contribution is -2.53. The van der Waals surface area contributed by atoms with Gasteiger partial charge in [0.15, 0.2) is 0 Å². The van der Waals surface area contributed by atoms with E-state index in [1.165, 1.54) is 0 Å². The third-order valence-electron chi connectivity index (χ3n) is 3.81. The Hall–Kier alpha value is -0.360. The van der Waals surface area contributed by atoms with Crippen molar-refractivity contribution in [3.8, 4) is 0 Å². The summed E-state index contributed by atoms with van der Waals surface area (Å²) in [4.78, 5) is 18.4. The van der Waals surface area contributed by atoms with Crippen LogP contribution in [0, 0.1) is 5.92 Å². The van der Waals surface area contributed by atoms with Crippen LogP contribution in [0.3, 0.4) is 0 Å². The van der Waals surface area contributed by atoms with Crippen LogP contribution in [0.1, 0.15) is 38.3 Å². The minimum absolute atomic E-state index is 0. The van der Waals surface area contributed by atoms with Crippen LogP contribution in [0.15, 0.2) is 10.9 Å². The first-order valence-electron chi connectivity index (χ1n) is 6.41. The molecule has 1 aromatic rings. The highest BCUT2D eigenvalue weighted by molar-refractivity contribution is 7.07. The minimum Gasteiger partial charge on any atom is -0.340 e. The monoisotopic (exact) mass is 339 g/mol. The zero-order valence-electron chi connectivity index (χ0n) is 11.9. The van der Waals surface area contributed by atoms with Gasteiger partial charge in [0.25, 0.3) is 0 Å². The van der Waals surface area contributed by atoms with Gasteiger partial charge < -0.3 is 10.6 Å². The molecule has 2 rings (SSSR count). The highest BCUT2D eigenvalue weighted by Gasteiger charge is 2.39. The molecule has 1 aliphatic carbocycles. The van der Waals surface area contributed by atoms with E-state index in [1.54, 1.807) is 21.7 Å². The average molecular weight is 340 g/mol. The second-order valence-corrected chi connectivity index (χ2v) is 6.20. The molecule has 1 amide bonds. The van der Waals surface area contributed by atoms with E-state index in [1.807, 2.05) is 19.4 Å². The van der Waals surface area contributed by atoms with Crippen LogP contribution >= 0.6 is 36.2 Å². The second-order valence-electron chi connectivity index (χ2n) is 5.48. The minimum atomic E-state index is -0.355. The van der Waals surface area contributed by atoms with Gasteiger partial charge in [-0.05, 0) is 19.8 Å². The summed E-state index contributed by atoms with van der Waals surface area (Å²) in [6.45, 7) is 2.58. The Bertz CT molecular complexity index is 412. The van der Waals surface area contributed by atoms with Crippen LogP contribution in [0.4, 0.5) is 0 Å². The summed E-state index contributed by atoms with van der Waals surface area (Å²) in [6, 6.07) is 0. The van der Waals surface area contributed by atoms with Crippen molar-refractivity contribution < 1.29 is 4.79 Å². The van der Waals surface area contributed by atoms with E-state index in [4.69, 9.17) is 5.73 Å². The molecule has 2 N–H and O–H groups in total. The molecule has 2 atom stereocenters. The van der Waals surface area contributed by atoms with Crippen molar-refractivity contribution in [3.63, 3.8) is 0 Å². The van der Waals surface area contributed by atoms with Crippen LogP contribution in [-0.2, 0) is 11.3 Å².